The summed E-state index contributed by atoms with van der Waals surface area (Å²) in [4.78, 5) is 4.16. The summed E-state index contributed by atoms with van der Waals surface area (Å²) < 4.78 is 31.0. The third kappa shape index (κ3) is 2.86. The van der Waals surface area contributed by atoms with Crippen molar-refractivity contribution < 1.29 is 8.78 Å². The SMILES string of the molecule is Cc1cncn1C(c1ccc2c(c1)CCCC2)c1c(F)cccc1F. The first-order valence-electron chi connectivity index (χ1n) is 8.69. The maximum absolute atomic E-state index is 14.6. The zero-order chi connectivity index (χ0) is 17.4. The molecule has 25 heavy (non-hydrogen) atoms. The second-order valence-corrected chi connectivity index (χ2v) is 6.72. The number of hydrogen-bond donors (Lipinski definition) is 0. The van der Waals surface area contributed by atoms with Crippen molar-refractivity contribution in [2.24, 2.45) is 0 Å². The second kappa shape index (κ2) is 6.43. The van der Waals surface area contributed by atoms with Crippen LogP contribution in [0.15, 0.2) is 48.9 Å². The highest BCUT2D eigenvalue weighted by molar-refractivity contribution is 5.41. The molecule has 0 aliphatic heterocycles. The summed E-state index contributed by atoms with van der Waals surface area (Å²) in [5.74, 6) is -1.06. The minimum atomic E-state index is -0.559. The molecule has 4 rings (SSSR count). The van der Waals surface area contributed by atoms with Gasteiger partial charge in [0.05, 0.1) is 17.9 Å². The number of hydrogen-bond acceptors (Lipinski definition) is 1. The number of halogens is 2. The number of fused-ring (bicyclic) bond motifs is 1. The van der Waals surface area contributed by atoms with Crippen LogP contribution in [0.25, 0.3) is 0 Å². The largest absolute Gasteiger partial charge is 0.323 e. The van der Waals surface area contributed by atoms with Gasteiger partial charge in [0.1, 0.15) is 11.6 Å². The molecule has 0 saturated heterocycles. The van der Waals surface area contributed by atoms with Crippen LogP contribution < -0.4 is 0 Å². The highest BCUT2D eigenvalue weighted by Gasteiger charge is 2.25. The van der Waals surface area contributed by atoms with Gasteiger partial charge in [-0.15, -0.1) is 0 Å². The summed E-state index contributed by atoms with van der Waals surface area (Å²) in [5.41, 5.74) is 4.48. The van der Waals surface area contributed by atoms with E-state index in [1.807, 2.05) is 17.6 Å². The molecule has 0 spiro atoms. The molecule has 1 aliphatic rings. The molecule has 0 bridgehead atoms. The van der Waals surface area contributed by atoms with Gasteiger partial charge in [-0.05, 0) is 61.4 Å². The first-order valence-corrected chi connectivity index (χ1v) is 8.69. The Kier molecular flexibility index (Phi) is 4.12. The van der Waals surface area contributed by atoms with Crippen molar-refractivity contribution in [2.45, 2.75) is 38.6 Å². The Morgan fingerprint density at radius 3 is 2.40 bits per heavy atom. The Morgan fingerprint density at radius 2 is 1.72 bits per heavy atom. The molecule has 1 unspecified atom stereocenters. The highest BCUT2D eigenvalue weighted by Crippen LogP contribution is 2.34. The third-order valence-corrected chi connectivity index (χ3v) is 5.10. The predicted octanol–water partition coefficient (Wildman–Crippen LogP) is 4.99. The average molecular weight is 338 g/mol. The normalized spacial score (nSPS) is 15.0. The quantitative estimate of drug-likeness (QED) is 0.658. The minimum Gasteiger partial charge on any atom is -0.323 e. The number of imidazole rings is 1. The lowest BCUT2D eigenvalue weighted by Crippen LogP contribution is -2.17. The van der Waals surface area contributed by atoms with Gasteiger partial charge in [-0.2, -0.15) is 0 Å². The number of aromatic nitrogens is 2. The molecule has 0 saturated carbocycles. The number of benzene rings is 2. The topological polar surface area (TPSA) is 17.8 Å². The average Bonchev–Trinajstić information content (AvgIpc) is 3.03. The molecule has 0 fully saturated rings. The molecule has 1 heterocycles. The third-order valence-electron chi connectivity index (χ3n) is 5.10. The summed E-state index contributed by atoms with van der Waals surface area (Å²) in [6.45, 7) is 1.90. The van der Waals surface area contributed by atoms with Gasteiger partial charge in [-0.25, -0.2) is 13.8 Å². The Hall–Kier alpha value is -2.49. The molecule has 0 N–H and O–H groups in total. The summed E-state index contributed by atoms with van der Waals surface area (Å²) >= 11 is 0. The Balaban J connectivity index is 1.91. The van der Waals surface area contributed by atoms with E-state index in [2.05, 4.69) is 17.1 Å². The predicted molar refractivity (Wildman–Crippen MR) is 93.6 cm³/mol. The lowest BCUT2D eigenvalue weighted by Gasteiger charge is -2.24. The van der Waals surface area contributed by atoms with E-state index in [0.717, 1.165) is 24.1 Å². The van der Waals surface area contributed by atoms with Crippen molar-refractivity contribution >= 4 is 0 Å². The molecule has 2 nitrogen and oxygen atoms in total. The number of rotatable bonds is 3. The van der Waals surface area contributed by atoms with Gasteiger partial charge in [-0.3, -0.25) is 0 Å². The second-order valence-electron chi connectivity index (χ2n) is 6.72. The highest BCUT2D eigenvalue weighted by atomic mass is 19.1. The Labute approximate surface area is 146 Å². The van der Waals surface area contributed by atoms with E-state index in [4.69, 9.17) is 0 Å². The molecule has 0 radical (unpaired) electrons. The van der Waals surface area contributed by atoms with Gasteiger partial charge >= 0.3 is 0 Å². The van der Waals surface area contributed by atoms with Crippen molar-refractivity contribution in [3.05, 3.63) is 88.5 Å². The van der Waals surface area contributed by atoms with Crippen molar-refractivity contribution in [2.75, 3.05) is 0 Å². The molecule has 2 aromatic carbocycles. The van der Waals surface area contributed by atoms with Crippen LogP contribution in [-0.4, -0.2) is 9.55 Å². The number of aryl methyl sites for hydroxylation is 3. The van der Waals surface area contributed by atoms with Crippen molar-refractivity contribution in [3.63, 3.8) is 0 Å². The molecule has 1 aliphatic carbocycles. The van der Waals surface area contributed by atoms with E-state index < -0.39 is 17.7 Å². The molecule has 1 atom stereocenters. The van der Waals surface area contributed by atoms with Crippen LogP contribution in [0, 0.1) is 18.6 Å². The first kappa shape index (κ1) is 16.0. The Bertz CT molecular complexity index is 894. The van der Waals surface area contributed by atoms with E-state index in [1.54, 1.807) is 12.5 Å². The van der Waals surface area contributed by atoms with Gasteiger partial charge < -0.3 is 4.57 Å². The van der Waals surface area contributed by atoms with E-state index in [0.29, 0.717) is 0 Å². The van der Waals surface area contributed by atoms with E-state index in [9.17, 15) is 8.78 Å². The van der Waals surface area contributed by atoms with Crippen LogP contribution in [0.4, 0.5) is 8.78 Å². The molecule has 128 valence electrons. The lowest BCUT2D eigenvalue weighted by molar-refractivity contribution is 0.515. The van der Waals surface area contributed by atoms with E-state index in [1.165, 1.54) is 42.2 Å². The van der Waals surface area contributed by atoms with Gasteiger partial charge in [0.2, 0.25) is 0 Å². The van der Waals surface area contributed by atoms with Gasteiger partial charge in [0, 0.05) is 11.9 Å². The van der Waals surface area contributed by atoms with Gasteiger partial charge in [-0.1, -0.05) is 24.3 Å². The molecule has 0 amide bonds. The fourth-order valence-electron chi connectivity index (χ4n) is 3.80. The maximum atomic E-state index is 14.6. The van der Waals surface area contributed by atoms with Crippen LogP contribution in [0.2, 0.25) is 0 Å². The standard InChI is InChI=1S/C21H20F2N2/c1-14-12-24-13-25(14)21(20-18(22)7-4-8-19(20)23)17-10-9-15-5-2-3-6-16(15)11-17/h4,7-13,21H,2-3,5-6H2,1H3. The summed E-state index contributed by atoms with van der Waals surface area (Å²) in [5, 5.41) is 0. The molecular formula is C21H20F2N2. The van der Waals surface area contributed by atoms with Crippen molar-refractivity contribution in [1.29, 1.82) is 0 Å². The molecular weight excluding hydrogens is 318 g/mol. The van der Waals surface area contributed by atoms with Crippen LogP contribution >= 0.6 is 0 Å². The summed E-state index contributed by atoms with van der Waals surface area (Å²) in [6, 6.07) is 9.70. The van der Waals surface area contributed by atoms with Crippen molar-refractivity contribution in [1.82, 2.24) is 9.55 Å². The molecule has 4 heteroatoms. The van der Waals surface area contributed by atoms with Crippen LogP contribution in [-0.2, 0) is 12.8 Å². The zero-order valence-corrected chi connectivity index (χ0v) is 14.2. The number of nitrogens with zero attached hydrogens (tertiary/aromatic N) is 2. The molecule has 3 aromatic rings. The van der Waals surface area contributed by atoms with E-state index >= 15 is 0 Å². The van der Waals surface area contributed by atoms with E-state index in [-0.39, 0.29) is 5.56 Å². The zero-order valence-electron chi connectivity index (χ0n) is 14.2. The first-order chi connectivity index (χ1) is 12.1. The summed E-state index contributed by atoms with van der Waals surface area (Å²) in [6.07, 6.45) is 7.84. The van der Waals surface area contributed by atoms with Gasteiger partial charge in [0.15, 0.2) is 0 Å². The van der Waals surface area contributed by atoms with Crippen molar-refractivity contribution in [3.8, 4) is 0 Å². The fraction of sp³-hybridized carbons (Fsp3) is 0.286. The van der Waals surface area contributed by atoms with Gasteiger partial charge in [0.25, 0.3) is 0 Å². The lowest BCUT2D eigenvalue weighted by atomic mass is 9.87. The smallest absolute Gasteiger partial charge is 0.131 e. The summed E-state index contributed by atoms with van der Waals surface area (Å²) in [7, 11) is 0. The molecule has 1 aromatic heterocycles. The fourth-order valence-corrected chi connectivity index (χ4v) is 3.80. The van der Waals surface area contributed by atoms with Crippen LogP contribution in [0.1, 0.15) is 46.8 Å². The maximum Gasteiger partial charge on any atom is 0.131 e. The Morgan fingerprint density at radius 1 is 1.00 bits per heavy atom. The minimum absolute atomic E-state index is 0.0689. The van der Waals surface area contributed by atoms with Crippen LogP contribution in [0.5, 0.6) is 0 Å². The monoisotopic (exact) mass is 338 g/mol. The van der Waals surface area contributed by atoms with Crippen LogP contribution in [0.3, 0.4) is 0 Å².